The standard InChI is InChI=1S/C22H40N6/c1-4-24-22(25-11-6-8-14-26-13-7-5-9-20(26)3)27-15-10-19(2)21(17-27)28-16-12-23-18-28/h12,16,18-21H,4-11,13-15,17H2,1-3H3,(H,24,25). The summed E-state index contributed by atoms with van der Waals surface area (Å²) in [5.41, 5.74) is 0. The summed E-state index contributed by atoms with van der Waals surface area (Å²) in [6, 6.07) is 1.24. The number of imidazole rings is 1. The molecule has 0 aromatic carbocycles. The summed E-state index contributed by atoms with van der Waals surface area (Å²) >= 11 is 0. The molecule has 2 saturated heterocycles. The van der Waals surface area contributed by atoms with Gasteiger partial charge in [-0.05, 0) is 65.0 Å². The minimum Gasteiger partial charge on any atom is -0.357 e. The lowest BCUT2D eigenvalue weighted by molar-refractivity contribution is 0.158. The third-order valence-corrected chi connectivity index (χ3v) is 6.52. The average molecular weight is 389 g/mol. The number of rotatable bonds is 7. The summed E-state index contributed by atoms with van der Waals surface area (Å²) in [5.74, 6) is 1.76. The van der Waals surface area contributed by atoms with E-state index in [2.05, 4.69) is 51.6 Å². The first-order chi connectivity index (χ1) is 13.7. The molecule has 0 saturated carbocycles. The Morgan fingerprint density at radius 2 is 2.07 bits per heavy atom. The normalized spacial score (nSPS) is 27.2. The van der Waals surface area contributed by atoms with Crippen LogP contribution in [0.3, 0.4) is 0 Å². The van der Waals surface area contributed by atoms with Crippen LogP contribution in [0.25, 0.3) is 0 Å². The van der Waals surface area contributed by atoms with E-state index in [0.29, 0.717) is 12.0 Å². The molecule has 0 spiro atoms. The molecule has 0 bridgehead atoms. The number of hydrogen-bond donors (Lipinski definition) is 1. The van der Waals surface area contributed by atoms with E-state index in [1.165, 1.54) is 51.6 Å². The van der Waals surface area contributed by atoms with Crippen LogP contribution in [0.15, 0.2) is 23.7 Å². The summed E-state index contributed by atoms with van der Waals surface area (Å²) in [6.07, 6.45) is 13.7. The molecule has 2 fully saturated rings. The van der Waals surface area contributed by atoms with Gasteiger partial charge in [0, 0.05) is 44.6 Å². The molecule has 3 atom stereocenters. The molecule has 2 aliphatic heterocycles. The van der Waals surface area contributed by atoms with E-state index in [1.54, 1.807) is 0 Å². The molecule has 28 heavy (non-hydrogen) atoms. The van der Waals surface area contributed by atoms with Crippen molar-refractivity contribution in [2.24, 2.45) is 10.9 Å². The molecule has 2 aliphatic rings. The zero-order chi connectivity index (χ0) is 19.8. The predicted octanol–water partition coefficient (Wildman–Crippen LogP) is 3.39. The summed E-state index contributed by atoms with van der Waals surface area (Å²) in [7, 11) is 0. The Bertz CT molecular complexity index is 584. The zero-order valence-electron chi connectivity index (χ0n) is 18.2. The lowest BCUT2D eigenvalue weighted by Crippen LogP contribution is -2.49. The van der Waals surface area contributed by atoms with Crippen molar-refractivity contribution in [1.29, 1.82) is 0 Å². The number of aromatic nitrogens is 2. The van der Waals surface area contributed by atoms with Crippen LogP contribution >= 0.6 is 0 Å². The van der Waals surface area contributed by atoms with Crippen LogP contribution in [0.2, 0.25) is 0 Å². The van der Waals surface area contributed by atoms with Crippen molar-refractivity contribution in [2.75, 3.05) is 39.3 Å². The molecular formula is C22H40N6. The molecule has 158 valence electrons. The van der Waals surface area contributed by atoms with E-state index in [1.807, 2.05) is 12.5 Å². The van der Waals surface area contributed by atoms with Crippen LogP contribution in [0.1, 0.15) is 65.3 Å². The molecule has 6 heteroatoms. The fourth-order valence-electron chi connectivity index (χ4n) is 4.62. The van der Waals surface area contributed by atoms with E-state index in [9.17, 15) is 0 Å². The smallest absolute Gasteiger partial charge is 0.193 e. The highest BCUT2D eigenvalue weighted by Crippen LogP contribution is 2.27. The van der Waals surface area contributed by atoms with Gasteiger partial charge in [-0.1, -0.05) is 13.3 Å². The predicted molar refractivity (Wildman–Crippen MR) is 117 cm³/mol. The van der Waals surface area contributed by atoms with E-state index < -0.39 is 0 Å². The second kappa shape index (κ2) is 10.8. The fourth-order valence-corrected chi connectivity index (χ4v) is 4.62. The number of nitrogens with zero attached hydrogens (tertiary/aromatic N) is 5. The van der Waals surface area contributed by atoms with E-state index in [4.69, 9.17) is 4.99 Å². The Labute approximate surface area is 171 Å². The van der Waals surface area contributed by atoms with Crippen LogP contribution in [0, 0.1) is 5.92 Å². The molecule has 1 aromatic rings. The molecule has 6 nitrogen and oxygen atoms in total. The lowest BCUT2D eigenvalue weighted by Gasteiger charge is -2.39. The molecular weight excluding hydrogens is 348 g/mol. The van der Waals surface area contributed by atoms with E-state index >= 15 is 0 Å². The molecule has 0 radical (unpaired) electrons. The highest BCUT2D eigenvalue weighted by atomic mass is 15.3. The minimum atomic E-state index is 0.473. The molecule has 0 aliphatic carbocycles. The maximum atomic E-state index is 4.97. The van der Waals surface area contributed by atoms with Crippen LogP contribution in [-0.2, 0) is 0 Å². The van der Waals surface area contributed by atoms with Crippen molar-refractivity contribution in [2.45, 2.75) is 71.4 Å². The third-order valence-electron chi connectivity index (χ3n) is 6.52. The maximum Gasteiger partial charge on any atom is 0.193 e. The van der Waals surface area contributed by atoms with Crippen molar-refractivity contribution >= 4 is 5.96 Å². The Morgan fingerprint density at radius 1 is 1.18 bits per heavy atom. The average Bonchev–Trinajstić information content (AvgIpc) is 3.23. The number of likely N-dealkylation sites (tertiary alicyclic amines) is 2. The first-order valence-corrected chi connectivity index (χ1v) is 11.4. The summed E-state index contributed by atoms with van der Waals surface area (Å²) in [6.45, 7) is 13.4. The van der Waals surface area contributed by atoms with Crippen molar-refractivity contribution < 1.29 is 0 Å². The van der Waals surface area contributed by atoms with Crippen LogP contribution in [-0.4, -0.2) is 70.6 Å². The molecule has 3 heterocycles. The van der Waals surface area contributed by atoms with E-state index in [0.717, 1.165) is 38.2 Å². The number of aliphatic imine (C=N–C) groups is 1. The van der Waals surface area contributed by atoms with Crippen molar-refractivity contribution in [3.63, 3.8) is 0 Å². The van der Waals surface area contributed by atoms with Gasteiger partial charge in [0.15, 0.2) is 5.96 Å². The first-order valence-electron chi connectivity index (χ1n) is 11.4. The molecule has 3 rings (SSSR count). The maximum absolute atomic E-state index is 4.97. The Kier molecular flexibility index (Phi) is 8.19. The van der Waals surface area contributed by atoms with E-state index in [-0.39, 0.29) is 0 Å². The monoisotopic (exact) mass is 388 g/mol. The lowest BCUT2D eigenvalue weighted by atomic mass is 9.93. The highest BCUT2D eigenvalue weighted by Gasteiger charge is 2.28. The van der Waals surface area contributed by atoms with Crippen LogP contribution in [0.5, 0.6) is 0 Å². The van der Waals surface area contributed by atoms with Gasteiger partial charge in [0.05, 0.1) is 12.4 Å². The topological polar surface area (TPSA) is 48.7 Å². The van der Waals surface area contributed by atoms with Crippen molar-refractivity contribution in [1.82, 2.24) is 24.7 Å². The van der Waals surface area contributed by atoms with Gasteiger partial charge < -0.3 is 19.7 Å². The molecule has 1 N–H and O–H groups in total. The number of guanidine groups is 1. The summed E-state index contributed by atoms with van der Waals surface area (Å²) in [4.78, 5) is 14.3. The van der Waals surface area contributed by atoms with Gasteiger partial charge >= 0.3 is 0 Å². The Balaban J connectivity index is 1.49. The minimum absolute atomic E-state index is 0.473. The second-order valence-corrected chi connectivity index (χ2v) is 8.61. The highest BCUT2D eigenvalue weighted by molar-refractivity contribution is 5.80. The Morgan fingerprint density at radius 3 is 2.82 bits per heavy atom. The number of hydrogen-bond acceptors (Lipinski definition) is 3. The first kappa shape index (κ1) is 21.2. The summed E-state index contributed by atoms with van der Waals surface area (Å²) < 4.78 is 2.26. The summed E-state index contributed by atoms with van der Waals surface area (Å²) in [5, 5.41) is 3.52. The quantitative estimate of drug-likeness (QED) is 0.442. The number of piperidine rings is 2. The fraction of sp³-hybridized carbons (Fsp3) is 0.818. The van der Waals surface area contributed by atoms with Gasteiger partial charge in [0.25, 0.3) is 0 Å². The second-order valence-electron chi connectivity index (χ2n) is 8.61. The number of unbranched alkanes of at least 4 members (excludes halogenated alkanes) is 1. The molecule has 3 unspecified atom stereocenters. The van der Waals surface area contributed by atoms with Gasteiger partial charge in [0.1, 0.15) is 0 Å². The largest absolute Gasteiger partial charge is 0.357 e. The van der Waals surface area contributed by atoms with Crippen LogP contribution < -0.4 is 5.32 Å². The van der Waals surface area contributed by atoms with Gasteiger partial charge in [-0.3, -0.25) is 4.99 Å². The van der Waals surface area contributed by atoms with Gasteiger partial charge in [-0.25, -0.2) is 4.98 Å². The SMILES string of the molecule is CCNC(=NCCCCN1CCCCC1C)N1CCC(C)C(n2ccnc2)C1. The van der Waals surface area contributed by atoms with Gasteiger partial charge in [-0.15, -0.1) is 0 Å². The third kappa shape index (κ3) is 5.72. The Hall–Kier alpha value is -1.56. The van der Waals surface area contributed by atoms with Crippen molar-refractivity contribution in [3.8, 4) is 0 Å². The molecule has 0 amide bonds. The van der Waals surface area contributed by atoms with Crippen LogP contribution in [0.4, 0.5) is 0 Å². The molecule has 1 aromatic heterocycles. The van der Waals surface area contributed by atoms with Gasteiger partial charge in [0.2, 0.25) is 0 Å². The van der Waals surface area contributed by atoms with Crippen molar-refractivity contribution in [3.05, 3.63) is 18.7 Å². The zero-order valence-corrected chi connectivity index (χ0v) is 18.2. The number of nitrogens with one attached hydrogen (secondary N) is 1. The van der Waals surface area contributed by atoms with Gasteiger partial charge in [-0.2, -0.15) is 0 Å².